The second kappa shape index (κ2) is 6.64. The Morgan fingerprint density at radius 2 is 1.84 bits per heavy atom. The van der Waals surface area contributed by atoms with Crippen molar-refractivity contribution in [3.8, 4) is 0 Å². The Kier molecular flexibility index (Phi) is 4.55. The van der Waals surface area contributed by atoms with E-state index in [1.807, 2.05) is 6.08 Å². The summed E-state index contributed by atoms with van der Waals surface area (Å²) in [6, 6.07) is 7.00. The fraction of sp³-hybridized carbons (Fsp3) is 0.111. The van der Waals surface area contributed by atoms with Gasteiger partial charge in [0.2, 0.25) is 0 Å². The maximum atomic E-state index is 14.3. The third-order valence-corrected chi connectivity index (χ3v) is 4.23. The number of amides is 1. The van der Waals surface area contributed by atoms with Crippen molar-refractivity contribution in [3.63, 3.8) is 0 Å². The van der Waals surface area contributed by atoms with Crippen LogP contribution in [0.3, 0.4) is 0 Å². The molecule has 3 rings (SSSR count). The minimum Gasteiger partial charge on any atom is -0.370 e. The van der Waals surface area contributed by atoms with Crippen LogP contribution >= 0.6 is 11.6 Å². The van der Waals surface area contributed by atoms with Gasteiger partial charge in [-0.15, -0.1) is 0 Å². The molecule has 7 heteroatoms. The Bertz CT molecular complexity index is 934. The van der Waals surface area contributed by atoms with Crippen LogP contribution in [0.4, 0.5) is 8.78 Å². The monoisotopic (exact) mass is 361 g/mol. The number of fused-ring (bicyclic) bond motifs is 1. The van der Waals surface area contributed by atoms with Crippen LogP contribution in [-0.4, -0.2) is 11.9 Å². The summed E-state index contributed by atoms with van der Waals surface area (Å²) < 4.78 is 27.7. The maximum Gasteiger partial charge on any atom is 0.280 e. The smallest absolute Gasteiger partial charge is 0.280 e. The van der Waals surface area contributed by atoms with E-state index in [4.69, 9.17) is 23.1 Å². The third-order valence-electron chi connectivity index (χ3n) is 3.94. The first-order valence-electron chi connectivity index (χ1n) is 7.49. The number of carbonyl (C=O) groups excluding carboxylic acids is 1. The molecule has 0 saturated heterocycles. The molecule has 0 radical (unpaired) electrons. The Morgan fingerprint density at radius 3 is 2.56 bits per heavy atom. The van der Waals surface area contributed by atoms with E-state index in [2.05, 4.69) is 4.99 Å². The first-order chi connectivity index (χ1) is 11.9. The molecule has 0 aliphatic heterocycles. The molecule has 0 spiro atoms. The van der Waals surface area contributed by atoms with E-state index in [1.54, 1.807) is 18.2 Å². The van der Waals surface area contributed by atoms with Gasteiger partial charge in [0.05, 0.1) is 5.02 Å². The van der Waals surface area contributed by atoms with Gasteiger partial charge in [-0.3, -0.25) is 4.79 Å². The molecule has 1 amide bonds. The highest BCUT2D eigenvalue weighted by Crippen LogP contribution is 2.35. The van der Waals surface area contributed by atoms with Gasteiger partial charge >= 0.3 is 0 Å². The van der Waals surface area contributed by atoms with Crippen LogP contribution in [0.2, 0.25) is 5.02 Å². The molecular weight excluding hydrogens is 348 g/mol. The van der Waals surface area contributed by atoms with E-state index in [9.17, 15) is 13.6 Å². The van der Waals surface area contributed by atoms with Crippen molar-refractivity contribution in [1.82, 2.24) is 0 Å². The van der Waals surface area contributed by atoms with Crippen molar-refractivity contribution >= 4 is 29.0 Å². The lowest BCUT2D eigenvalue weighted by Gasteiger charge is -2.19. The van der Waals surface area contributed by atoms with E-state index in [0.717, 1.165) is 18.1 Å². The van der Waals surface area contributed by atoms with Crippen molar-refractivity contribution in [3.05, 3.63) is 75.3 Å². The predicted octanol–water partition coefficient (Wildman–Crippen LogP) is 3.41. The number of carbonyl (C=O) groups is 1. The summed E-state index contributed by atoms with van der Waals surface area (Å²) in [7, 11) is 0. The van der Waals surface area contributed by atoms with E-state index in [0.29, 0.717) is 17.6 Å². The lowest BCUT2D eigenvalue weighted by molar-refractivity contribution is 0.100. The molecule has 1 aliphatic rings. The van der Waals surface area contributed by atoms with E-state index < -0.39 is 17.5 Å². The normalized spacial score (nSPS) is 13.0. The number of halogens is 3. The number of nitrogens with two attached hydrogens (primary N) is 2. The highest BCUT2D eigenvalue weighted by Gasteiger charge is 2.20. The maximum absolute atomic E-state index is 14.3. The van der Waals surface area contributed by atoms with Crippen LogP contribution in [0.15, 0.2) is 41.4 Å². The van der Waals surface area contributed by atoms with Crippen LogP contribution in [0.1, 0.15) is 33.5 Å². The third kappa shape index (κ3) is 3.39. The van der Waals surface area contributed by atoms with Crippen LogP contribution < -0.4 is 11.5 Å². The number of allylic oxidation sites excluding steroid dienone is 1. The Morgan fingerprint density at radius 1 is 1.08 bits per heavy atom. The largest absolute Gasteiger partial charge is 0.370 e. The van der Waals surface area contributed by atoms with Gasteiger partial charge in [0.25, 0.3) is 5.91 Å². The minimum atomic E-state index is -0.823. The molecular formula is C18H14ClF2N3O. The number of rotatable bonds is 2. The van der Waals surface area contributed by atoms with Gasteiger partial charge in [0.1, 0.15) is 11.6 Å². The molecule has 2 aromatic rings. The molecule has 2 aromatic carbocycles. The zero-order valence-corrected chi connectivity index (χ0v) is 13.8. The first-order valence-corrected chi connectivity index (χ1v) is 7.87. The molecule has 0 saturated carbocycles. The molecule has 4 nitrogen and oxygen atoms in total. The summed E-state index contributed by atoms with van der Waals surface area (Å²) in [6.45, 7) is 0. The number of nitrogens with zero attached hydrogens (tertiary/aromatic N) is 1. The summed E-state index contributed by atoms with van der Waals surface area (Å²) in [5.41, 5.74) is 13.1. The van der Waals surface area contributed by atoms with Gasteiger partial charge < -0.3 is 11.5 Å². The quantitative estimate of drug-likeness (QED) is 0.488. The molecule has 0 unspecified atom stereocenters. The van der Waals surface area contributed by atoms with E-state index in [1.165, 1.54) is 6.07 Å². The molecule has 1 aliphatic carbocycles. The van der Waals surface area contributed by atoms with E-state index >= 15 is 0 Å². The van der Waals surface area contributed by atoms with Gasteiger partial charge in [-0.1, -0.05) is 23.7 Å². The van der Waals surface area contributed by atoms with Crippen molar-refractivity contribution in [1.29, 1.82) is 0 Å². The second-order valence-electron chi connectivity index (χ2n) is 5.62. The number of benzene rings is 2. The van der Waals surface area contributed by atoms with Crippen LogP contribution in [0, 0.1) is 11.6 Å². The topological polar surface area (TPSA) is 81.5 Å². The summed E-state index contributed by atoms with van der Waals surface area (Å²) >= 11 is 5.80. The van der Waals surface area contributed by atoms with Crippen LogP contribution in [-0.2, 0) is 6.42 Å². The van der Waals surface area contributed by atoms with Gasteiger partial charge in [-0.05, 0) is 47.7 Å². The zero-order chi connectivity index (χ0) is 18.1. The fourth-order valence-corrected chi connectivity index (χ4v) is 2.99. The molecule has 128 valence electrons. The summed E-state index contributed by atoms with van der Waals surface area (Å²) in [5, 5.41) is -0.169. The Hall–Kier alpha value is -2.73. The summed E-state index contributed by atoms with van der Waals surface area (Å²) in [4.78, 5) is 15.5. The van der Waals surface area contributed by atoms with Gasteiger partial charge in [0, 0.05) is 17.2 Å². The van der Waals surface area contributed by atoms with Crippen molar-refractivity contribution in [2.45, 2.75) is 12.8 Å². The van der Waals surface area contributed by atoms with Crippen molar-refractivity contribution in [2.24, 2.45) is 16.5 Å². The fourth-order valence-electron chi connectivity index (χ4n) is 2.83. The molecule has 0 atom stereocenters. The van der Waals surface area contributed by atoms with Gasteiger partial charge in [-0.2, -0.15) is 4.99 Å². The number of aryl methyl sites for hydroxylation is 1. The minimum absolute atomic E-state index is 0.169. The molecule has 4 N–H and O–H groups in total. The molecule has 25 heavy (non-hydrogen) atoms. The zero-order valence-electron chi connectivity index (χ0n) is 13.0. The summed E-state index contributed by atoms with van der Waals surface area (Å²) in [5.74, 6) is -2.47. The Labute approximate surface area is 147 Å². The summed E-state index contributed by atoms with van der Waals surface area (Å²) in [6.07, 6.45) is 3.27. The number of hydrogen-bond donors (Lipinski definition) is 2. The molecule has 0 fully saturated rings. The first kappa shape index (κ1) is 17.1. The second-order valence-corrected chi connectivity index (χ2v) is 6.02. The number of guanidine groups is 1. The van der Waals surface area contributed by atoms with Crippen LogP contribution in [0.25, 0.3) is 5.57 Å². The Balaban J connectivity index is 2.12. The highest BCUT2D eigenvalue weighted by molar-refractivity contribution is 6.31. The van der Waals surface area contributed by atoms with E-state index in [-0.39, 0.29) is 22.1 Å². The molecule has 0 bridgehead atoms. The lowest BCUT2D eigenvalue weighted by Crippen LogP contribution is -2.24. The lowest BCUT2D eigenvalue weighted by atomic mass is 9.85. The SMILES string of the molecule is NC(N)=NC(=O)c1ccc2c(c1)C(c1cc(Cl)c(F)cc1F)=CCC2. The van der Waals surface area contributed by atoms with Crippen molar-refractivity contribution in [2.75, 3.05) is 0 Å². The molecule has 0 aromatic heterocycles. The average molecular weight is 362 g/mol. The number of hydrogen-bond acceptors (Lipinski definition) is 1. The highest BCUT2D eigenvalue weighted by atomic mass is 35.5. The van der Waals surface area contributed by atoms with Gasteiger partial charge in [-0.25, -0.2) is 8.78 Å². The predicted molar refractivity (Wildman–Crippen MR) is 93.4 cm³/mol. The molecule has 0 heterocycles. The van der Waals surface area contributed by atoms with Gasteiger partial charge in [0.15, 0.2) is 5.96 Å². The number of aliphatic imine (C=N–C) groups is 1. The van der Waals surface area contributed by atoms with Crippen LogP contribution in [0.5, 0.6) is 0 Å². The standard InChI is InChI=1S/C18H14ClF2N3O/c19-14-7-13(15(20)8-16(14)21)11-3-1-2-9-4-5-10(6-12(9)11)17(25)24-18(22)23/h3-8H,1-2H2,(H4,22,23,24,25). The average Bonchev–Trinajstić information content (AvgIpc) is 2.56. The van der Waals surface area contributed by atoms with Crippen molar-refractivity contribution < 1.29 is 13.6 Å².